The summed E-state index contributed by atoms with van der Waals surface area (Å²) in [5.41, 5.74) is 1.14. The van der Waals surface area contributed by atoms with Crippen molar-refractivity contribution >= 4 is 15.9 Å². The Balaban J connectivity index is 2.29. The van der Waals surface area contributed by atoms with Crippen LogP contribution in [-0.4, -0.2) is 13.7 Å². The second kappa shape index (κ2) is 6.95. The summed E-state index contributed by atoms with van der Waals surface area (Å²) in [6.45, 7) is 4.72. The number of halogens is 1. The van der Waals surface area contributed by atoms with Gasteiger partial charge in [0.05, 0.1) is 17.1 Å². The van der Waals surface area contributed by atoms with Gasteiger partial charge >= 0.3 is 0 Å². The van der Waals surface area contributed by atoms with Gasteiger partial charge in [0.2, 0.25) is 0 Å². The van der Waals surface area contributed by atoms with E-state index >= 15 is 0 Å². The van der Waals surface area contributed by atoms with E-state index in [1.165, 1.54) is 0 Å². The molecule has 2 aromatic rings. The van der Waals surface area contributed by atoms with Gasteiger partial charge in [-0.3, -0.25) is 0 Å². The van der Waals surface area contributed by atoms with E-state index in [9.17, 15) is 0 Å². The van der Waals surface area contributed by atoms with Crippen molar-refractivity contribution in [2.75, 3.05) is 13.7 Å². The van der Waals surface area contributed by atoms with Gasteiger partial charge in [0.1, 0.15) is 17.3 Å². The molecule has 0 amide bonds. The molecule has 1 atom stereocenters. The fourth-order valence-corrected chi connectivity index (χ4v) is 2.69. The zero-order chi connectivity index (χ0) is 14.5. The Morgan fingerprint density at radius 2 is 2.05 bits per heavy atom. The number of aryl methyl sites for hydroxylation is 1. The van der Waals surface area contributed by atoms with Gasteiger partial charge in [-0.2, -0.15) is 0 Å². The van der Waals surface area contributed by atoms with Gasteiger partial charge in [-0.05, 0) is 59.7 Å². The van der Waals surface area contributed by atoms with Crippen LogP contribution in [0.4, 0.5) is 0 Å². The van der Waals surface area contributed by atoms with Crippen molar-refractivity contribution in [1.82, 2.24) is 5.32 Å². The van der Waals surface area contributed by atoms with E-state index in [0.29, 0.717) is 6.61 Å². The van der Waals surface area contributed by atoms with E-state index in [0.717, 1.165) is 33.7 Å². The third kappa shape index (κ3) is 3.25. The van der Waals surface area contributed by atoms with Gasteiger partial charge < -0.3 is 14.5 Å². The lowest BCUT2D eigenvalue weighted by molar-refractivity contribution is 0.338. The van der Waals surface area contributed by atoms with E-state index in [4.69, 9.17) is 9.15 Å². The molecule has 0 aliphatic heterocycles. The third-order valence-electron chi connectivity index (χ3n) is 3.19. The monoisotopic (exact) mass is 337 g/mol. The van der Waals surface area contributed by atoms with Crippen molar-refractivity contribution in [3.05, 3.63) is 51.9 Å². The Labute approximate surface area is 128 Å². The van der Waals surface area contributed by atoms with E-state index in [1.54, 1.807) is 0 Å². The van der Waals surface area contributed by atoms with Crippen LogP contribution in [0.3, 0.4) is 0 Å². The van der Waals surface area contributed by atoms with Gasteiger partial charge in [-0.1, -0.05) is 13.0 Å². The molecule has 1 unspecified atom stereocenters. The van der Waals surface area contributed by atoms with Crippen molar-refractivity contribution in [3.8, 4) is 5.75 Å². The van der Waals surface area contributed by atoms with E-state index < -0.39 is 0 Å². The maximum Gasteiger partial charge on any atom is 0.133 e. The molecule has 0 radical (unpaired) electrons. The predicted octanol–water partition coefficient (Wildman–Crippen LogP) is 4.31. The average molecular weight is 338 g/mol. The smallest absolute Gasteiger partial charge is 0.133 e. The van der Waals surface area contributed by atoms with E-state index in [1.807, 2.05) is 32.2 Å². The highest BCUT2D eigenvalue weighted by Crippen LogP contribution is 2.31. The molecule has 0 saturated heterocycles. The van der Waals surface area contributed by atoms with Crippen molar-refractivity contribution in [2.45, 2.75) is 26.3 Å². The van der Waals surface area contributed by atoms with Gasteiger partial charge in [0.25, 0.3) is 0 Å². The molecule has 0 aliphatic rings. The molecule has 0 aliphatic carbocycles. The van der Waals surface area contributed by atoms with Crippen molar-refractivity contribution in [3.63, 3.8) is 0 Å². The zero-order valence-corrected chi connectivity index (χ0v) is 13.7. The molecule has 2 rings (SSSR count). The first-order valence-electron chi connectivity index (χ1n) is 6.87. The number of ether oxygens (including phenoxy) is 1. The number of furan rings is 1. The first-order chi connectivity index (χ1) is 9.69. The van der Waals surface area contributed by atoms with E-state index in [-0.39, 0.29) is 6.04 Å². The largest absolute Gasteiger partial charge is 0.493 e. The summed E-state index contributed by atoms with van der Waals surface area (Å²) in [6, 6.07) is 10.2. The van der Waals surface area contributed by atoms with Crippen LogP contribution in [0.15, 0.2) is 39.2 Å². The molecule has 1 heterocycles. The zero-order valence-electron chi connectivity index (χ0n) is 12.1. The summed E-state index contributed by atoms with van der Waals surface area (Å²) in [5, 5.41) is 3.30. The summed E-state index contributed by atoms with van der Waals surface area (Å²) >= 11 is 3.55. The molecule has 0 bridgehead atoms. The average Bonchev–Trinajstić information content (AvgIpc) is 2.91. The molecule has 108 valence electrons. The molecular formula is C16H20BrNO2. The van der Waals surface area contributed by atoms with Crippen LogP contribution in [0.5, 0.6) is 5.75 Å². The summed E-state index contributed by atoms with van der Waals surface area (Å²) in [4.78, 5) is 0. The second-order valence-corrected chi connectivity index (χ2v) is 5.36. The predicted molar refractivity (Wildman–Crippen MR) is 84.3 cm³/mol. The van der Waals surface area contributed by atoms with Crippen LogP contribution in [0.25, 0.3) is 0 Å². The molecule has 3 nitrogen and oxygen atoms in total. The lowest BCUT2D eigenvalue weighted by Crippen LogP contribution is -2.17. The maximum atomic E-state index is 5.85. The second-order valence-electron chi connectivity index (χ2n) is 4.50. The minimum Gasteiger partial charge on any atom is -0.493 e. The third-order valence-corrected chi connectivity index (χ3v) is 3.81. The van der Waals surface area contributed by atoms with E-state index in [2.05, 4.69) is 40.3 Å². The quantitative estimate of drug-likeness (QED) is 0.852. The van der Waals surface area contributed by atoms with Crippen LogP contribution >= 0.6 is 15.9 Å². The highest BCUT2D eigenvalue weighted by Gasteiger charge is 2.17. The summed E-state index contributed by atoms with van der Waals surface area (Å²) in [7, 11) is 1.93. The van der Waals surface area contributed by atoms with Crippen LogP contribution < -0.4 is 10.1 Å². The van der Waals surface area contributed by atoms with Crippen molar-refractivity contribution in [1.29, 1.82) is 0 Å². The lowest BCUT2D eigenvalue weighted by atomic mass is 10.0. The van der Waals surface area contributed by atoms with Crippen LogP contribution in [0.1, 0.15) is 37.0 Å². The number of hydrogen-bond donors (Lipinski definition) is 1. The Morgan fingerprint density at radius 3 is 2.60 bits per heavy atom. The fraction of sp³-hybridized carbons (Fsp3) is 0.375. The Morgan fingerprint density at radius 1 is 1.25 bits per heavy atom. The molecule has 0 saturated carbocycles. The van der Waals surface area contributed by atoms with Gasteiger partial charge in [-0.25, -0.2) is 0 Å². The lowest BCUT2D eigenvalue weighted by Gasteiger charge is -2.16. The first kappa shape index (κ1) is 15.1. The molecular weight excluding hydrogens is 318 g/mol. The van der Waals surface area contributed by atoms with Crippen LogP contribution in [-0.2, 0) is 6.42 Å². The molecule has 1 aromatic carbocycles. The number of benzene rings is 1. The molecule has 0 fully saturated rings. The van der Waals surface area contributed by atoms with Crippen LogP contribution in [0.2, 0.25) is 0 Å². The van der Waals surface area contributed by atoms with Gasteiger partial charge in [0.15, 0.2) is 0 Å². The molecule has 0 spiro atoms. The van der Waals surface area contributed by atoms with Crippen molar-refractivity contribution in [2.24, 2.45) is 0 Å². The summed E-state index contributed by atoms with van der Waals surface area (Å²) < 4.78 is 12.3. The standard InChI is InChI=1S/C16H20BrNO2/c1-4-12-7-9-15(20-12)16(18-3)11-6-8-14(19-5-2)13(17)10-11/h6-10,16,18H,4-5H2,1-3H3. The molecule has 1 aromatic heterocycles. The highest BCUT2D eigenvalue weighted by atomic mass is 79.9. The topological polar surface area (TPSA) is 34.4 Å². The molecule has 4 heteroatoms. The van der Waals surface area contributed by atoms with Crippen molar-refractivity contribution < 1.29 is 9.15 Å². The highest BCUT2D eigenvalue weighted by molar-refractivity contribution is 9.10. The Kier molecular flexibility index (Phi) is 5.26. The number of rotatable bonds is 6. The van der Waals surface area contributed by atoms with Gasteiger partial charge in [-0.15, -0.1) is 0 Å². The summed E-state index contributed by atoms with van der Waals surface area (Å²) in [6.07, 6.45) is 0.906. The summed E-state index contributed by atoms with van der Waals surface area (Å²) in [5.74, 6) is 2.80. The van der Waals surface area contributed by atoms with Crippen LogP contribution in [0, 0.1) is 0 Å². The minimum atomic E-state index is 0.0438. The minimum absolute atomic E-state index is 0.0438. The Bertz CT molecular complexity index is 565. The Hall–Kier alpha value is -1.26. The maximum absolute atomic E-state index is 5.85. The molecule has 1 N–H and O–H groups in total. The normalized spacial score (nSPS) is 12.4. The number of hydrogen-bond acceptors (Lipinski definition) is 3. The molecule has 20 heavy (non-hydrogen) atoms. The SMILES string of the molecule is CCOc1ccc(C(NC)c2ccc(CC)o2)cc1Br. The number of nitrogens with one attached hydrogen (secondary N) is 1. The fourth-order valence-electron chi connectivity index (χ4n) is 2.18. The van der Waals surface area contributed by atoms with Gasteiger partial charge in [0, 0.05) is 6.42 Å². The first-order valence-corrected chi connectivity index (χ1v) is 7.67.